The van der Waals surface area contributed by atoms with E-state index in [1.807, 2.05) is 24.3 Å². The van der Waals surface area contributed by atoms with E-state index in [9.17, 15) is 4.79 Å². The maximum atomic E-state index is 10.8. The first-order chi connectivity index (χ1) is 6.85. The number of aldehydes is 1. The van der Waals surface area contributed by atoms with Gasteiger partial charge in [0, 0.05) is 31.5 Å². The van der Waals surface area contributed by atoms with Crippen LogP contribution in [0.2, 0.25) is 0 Å². The minimum Gasteiger partial charge on any atom is -0.378 e. The molecule has 3 nitrogen and oxygen atoms in total. The van der Waals surface area contributed by atoms with Gasteiger partial charge >= 0.3 is 0 Å². The van der Waals surface area contributed by atoms with Crippen molar-refractivity contribution in [1.82, 2.24) is 0 Å². The topological polar surface area (TPSA) is 29.5 Å². The summed E-state index contributed by atoms with van der Waals surface area (Å²) in [6, 6.07) is 7.63. The number of nitrogens with zero attached hydrogens (tertiary/aromatic N) is 1. The number of para-hydroxylation sites is 1. The number of hydrogen-bond acceptors (Lipinski definition) is 3. The van der Waals surface area contributed by atoms with Gasteiger partial charge in [-0.1, -0.05) is 12.1 Å². The van der Waals surface area contributed by atoms with Gasteiger partial charge in [-0.25, -0.2) is 0 Å². The maximum absolute atomic E-state index is 10.8. The fourth-order valence-electron chi connectivity index (χ4n) is 1.66. The van der Waals surface area contributed by atoms with Crippen LogP contribution in [0.3, 0.4) is 0 Å². The molecule has 0 amide bonds. The molecule has 1 aliphatic heterocycles. The lowest BCUT2D eigenvalue weighted by atomic mass is 10.1. The summed E-state index contributed by atoms with van der Waals surface area (Å²) in [6.07, 6.45) is 1.21. The Balaban J connectivity index is 2.13. The van der Waals surface area contributed by atoms with Crippen LogP contribution in [0.5, 0.6) is 0 Å². The van der Waals surface area contributed by atoms with Crippen molar-refractivity contribution in [1.29, 1.82) is 0 Å². The van der Waals surface area contributed by atoms with Crippen molar-refractivity contribution < 1.29 is 9.53 Å². The molecule has 3 heteroatoms. The van der Waals surface area contributed by atoms with Crippen molar-refractivity contribution >= 4 is 12.0 Å². The van der Waals surface area contributed by atoms with Crippen molar-refractivity contribution in [3.63, 3.8) is 0 Å². The van der Waals surface area contributed by atoms with Gasteiger partial charge in [0.2, 0.25) is 0 Å². The van der Waals surface area contributed by atoms with Gasteiger partial charge in [0.15, 0.2) is 6.29 Å². The highest BCUT2D eigenvalue weighted by Gasteiger charge is 2.27. The van der Waals surface area contributed by atoms with Crippen molar-refractivity contribution in [2.75, 3.05) is 25.1 Å². The second-order valence-electron chi connectivity index (χ2n) is 3.44. The lowest BCUT2D eigenvalue weighted by Gasteiger charge is -2.40. The van der Waals surface area contributed by atoms with E-state index < -0.39 is 0 Å². The monoisotopic (exact) mass is 191 g/mol. The minimum absolute atomic E-state index is 0.315. The summed E-state index contributed by atoms with van der Waals surface area (Å²) >= 11 is 0. The molecular weight excluding hydrogens is 178 g/mol. The summed E-state index contributed by atoms with van der Waals surface area (Å²) in [5, 5.41) is 0. The molecule has 0 saturated carbocycles. The molecule has 0 spiro atoms. The number of hydrogen-bond donors (Lipinski definition) is 0. The zero-order valence-corrected chi connectivity index (χ0v) is 8.14. The van der Waals surface area contributed by atoms with E-state index in [0.29, 0.717) is 6.10 Å². The van der Waals surface area contributed by atoms with Gasteiger partial charge < -0.3 is 9.64 Å². The first kappa shape index (κ1) is 9.21. The van der Waals surface area contributed by atoms with Crippen LogP contribution in [0.25, 0.3) is 0 Å². The SMILES string of the molecule is COC1CN(c2ccccc2C=O)C1. The van der Waals surface area contributed by atoms with Crippen LogP contribution in [0.15, 0.2) is 24.3 Å². The highest BCUT2D eigenvalue weighted by atomic mass is 16.5. The van der Waals surface area contributed by atoms with Gasteiger partial charge in [-0.2, -0.15) is 0 Å². The first-order valence-electron chi connectivity index (χ1n) is 4.67. The third-order valence-corrected chi connectivity index (χ3v) is 2.59. The molecule has 1 aromatic rings. The van der Waals surface area contributed by atoms with Crippen molar-refractivity contribution in [2.24, 2.45) is 0 Å². The van der Waals surface area contributed by atoms with Crippen LogP contribution < -0.4 is 4.90 Å². The molecule has 0 bridgehead atoms. The molecule has 74 valence electrons. The summed E-state index contributed by atoms with van der Waals surface area (Å²) in [5.74, 6) is 0. The zero-order valence-electron chi connectivity index (χ0n) is 8.14. The van der Waals surface area contributed by atoms with Crippen molar-refractivity contribution in [3.8, 4) is 0 Å². The van der Waals surface area contributed by atoms with Gasteiger partial charge in [0.05, 0.1) is 6.10 Å². The van der Waals surface area contributed by atoms with E-state index in [2.05, 4.69) is 4.90 Å². The summed E-state index contributed by atoms with van der Waals surface area (Å²) in [6.45, 7) is 1.75. The number of anilines is 1. The van der Waals surface area contributed by atoms with Gasteiger partial charge in [0.25, 0.3) is 0 Å². The average molecular weight is 191 g/mol. The number of carbonyl (C=O) groups is 1. The number of carbonyl (C=O) groups excluding carboxylic acids is 1. The molecule has 0 unspecified atom stereocenters. The van der Waals surface area contributed by atoms with E-state index in [-0.39, 0.29) is 0 Å². The molecule has 0 aliphatic carbocycles. The predicted octanol–water partition coefficient (Wildman–Crippen LogP) is 1.33. The number of benzene rings is 1. The third kappa shape index (κ3) is 1.51. The van der Waals surface area contributed by atoms with Gasteiger partial charge in [-0.3, -0.25) is 4.79 Å². The third-order valence-electron chi connectivity index (χ3n) is 2.59. The van der Waals surface area contributed by atoms with E-state index >= 15 is 0 Å². The second-order valence-corrected chi connectivity index (χ2v) is 3.44. The molecule has 1 heterocycles. The normalized spacial score (nSPS) is 16.5. The quantitative estimate of drug-likeness (QED) is 0.675. The van der Waals surface area contributed by atoms with Gasteiger partial charge in [-0.15, -0.1) is 0 Å². The highest BCUT2D eigenvalue weighted by molar-refractivity contribution is 5.84. The largest absolute Gasteiger partial charge is 0.378 e. The average Bonchev–Trinajstić information content (AvgIpc) is 2.17. The summed E-state index contributed by atoms with van der Waals surface area (Å²) in [4.78, 5) is 12.9. The number of methoxy groups -OCH3 is 1. The lowest BCUT2D eigenvalue weighted by molar-refractivity contribution is 0.0786. The second kappa shape index (κ2) is 3.80. The number of rotatable bonds is 3. The molecule has 1 fully saturated rings. The molecular formula is C11H13NO2. The van der Waals surface area contributed by atoms with E-state index in [1.54, 1.807) is 7.11 Å². The van der Waals surface area contributed by atoms with Crippen LogP contribution in [0, 0.1) is 0 Å². The Labute approximate surface area is 83.3 Å². The summed E-state index contributed by atoms with van der Waals surface area (Å²) < 4.78 is 5.18. The van der Waals surface area contributed by atoms with E-state index in [0.717, 1.165) is 30.6 Å². The fourth-order valence-corrected chi connectivity index (χ4v) is 1.66. The zero-order chi connectivity index (χ0) is 9.97. The molecule has 0 N–H and O–H groups in total. The minimum atomic E-state index is 0.315. The van der Waals surface area contributed by atoms with Crippen molar-refractivity contribution in [2.45, 2.75) is 6.10 Å². The Kier molecular flexibility index (Phi) is 2.50. The molecule has 1 saturated heterocycles. The van der Waals surface area contributed by atoms with Crippen LogP contribution in [0.4, 0.5) is 5.69 Å². The standard InChI is InChI=1S/C11H13NO2/c1-14-10-6-12(7-10)11-5-3-2-4-9(11)8-13/h2-5,8,10H,6-7H2,1H3. The van der Waals surface area contributed by atoms with Crippen LogP contribution in [-0.2, 0) is 4.74 Å². The van der Waals surface area contributed by atoms with E-state index in [1.165, 1.54) is 0 Å². The Morgan fingerprint density at radius 2 is 2.14 bits per heavy atom. The molecule has 0 radical (unpaired) electrons. The van der Waals surface area contributed by atoms with Gasteiger partial charge in [-0.05, 0) is 12.1 Å². The maximum Gasteiger partial charge on any atom is 0.152 e. The Hall–Kier alpha value is -1.35. The van der Waals surface area contributed by atoms with Crippen LogP contribution in [0.1, 0.15) is 10.4 Å². The number of ether oxygens (including phenoxy) is 1. The predicted molar refractivity (Wildman–Crippen MR) is 54.8 cm³/mol. The molecule has 1 aromatic carbocycles. The fraction of sp³-hybridized carbons (Fsp3) is 0.364. The van der Waals surface area contributed by atoms with E-state index in [4.69, 9.17) is 4.74 Å². The van der Waals surface area contributed by atoms with Crippen molar-refractivity contribution in [3.05, 3.63) is 29.8 Å². The molecule has 0 atom stereocenters. The van der Waals surface area contributed by atoms with Crippen LogP contribution >= 0.6 is 0 Å². The molecule has 1 aliphatic rings. The highest BCUT2D eigenvalue weighted by Crippen LogP contribution is 2.24. The van der Waals surface area contributed by atoms with Gasteiger partial charge in [0.1, 0.15) is 0 Å². The summed E-state index contributed by atoms with van der Waals surface area (Å²) in [7, 11) is 1.72. The smallest absolute Gasteiger partial charge is 0.152 e. The first-order valence-corrected chi connectivity index (χ1v) is 4.67. The Bertz CT molecular complexity index is 332. The van der Waals surface area contributed by atoms with Crippen LogP contribution in [-0.4, -0.2) is 32.6 Å². The lowest BCUT2D eigenvalue weighted by Crippen LogP contribution is -2.52. The Morgan fingerprint density at radius 1 is 1.43 bits per heavy atom. The molecule has 14 heavy (non-hydrogen) atoms. The summed E-state index contributed by atoms with van der Waals surface area (Å²) in [5.41, 5.74) is 1.76. The molecule has 2 rings (SSSR count). The Morgan fingerprint density at radius 3 is 2.79 bits per heavy atom. The molecule has 0 aromatic heterocycles.